The molecule has 2 aromatic heterocycles. The number of hydrogen-bond donors (Lipinski definition) is 1. The minimum atomic E-state index is -0.447. The van der Waals surface area contributed by atoms with Crippen LogP contribution >= 0.6 is 11.6 Å². The van der Waals surface area contributed by atoms with Gasteiger partial charge in [0.25, 0.3) is 0 Å². The van der Waals surface area contributed by atoms with E-state index in [-0.39, 0.29) is 18.4 Å². The van der Waals surface area contributed by atoms with Gasteiger partial charge in [0, 0.05) is 53.7 Å². The van der Waals surface area contributed by atoms with Crippen LogP contribution in [0, 0.1) is 5.82 Å². The predicted octanol–water partition coefficient (Wildman–Crippen LogP) is 4.07. The van der Waals surface area contributed by atoms with Crippen LogP contribution in [-0.4, -0.2) is 57.3 Å². The van der Waals surface area contributed by atoms with Gasteiger partial charge in [-0.3, -0.25) is 9.89 Å². The summed E-state index contributed by atoms with van der Waals surface area (Å²) < 4.78 is 19.9. The van der Waals surface area contributed by atoms with Crippen molar-refractivity contribution in [2.24, 2.45) is 0 Å². The summed E-state index contributed by atoms with van der Waals surface area (Å²) in [5.74, 6) is -0.306. The first kappa shape index (κ1) is 21.4. The Kier molecular flexibility index (Phi) is 6.58. The summed E-state index contributed by atoms with van der Waals surface area (Å²) in [5, 5.41) is 7.90. The Hall–Kier alpha value is -2.84. The van der Waals surface area contributed by atoms with E-state index in [0.29, 0.717) is 41.7 Å². The van der Waals surface area contributed by atoms with Gasteiger partial charge in [-0.1, -0.05) is 11.6 Å². The summed E-state index contributed by atoms with van der Waals surface area (Å²) in [6, 6.07) is 6.32. The molecule has 0 atom stereocenters. The highest BCUT2D eigenvalue weighted by atomic mass is 35.5. The van der Waals surface area contributed by atoms with Crippen LogP contribution in [0.5, 0.6) is 0 Å². The number of rotatable bonds is 6. The zero-order valence-corrected chi connectivity index (χ0v) is 17.9. The summed E-state index contributed by atoms with van der Waals surface area (Å²) in [7, 11) is 0. The lowest BCUT2D eigenvalue weighted by molar-refractivity contribution is -0.137. The standard InChI is InChI=1S/C22H23ClFN5O2/c1-2-31-12-19(30)29-9-6-14(7-10-29)21-20(18-5-8-25-13-26-18)22(28-27-21)16-4-3-15(23)11-17(16)24/h3-5,8,11,13-14H,2,6-7,9-10,12H2,1H3,(H,27,28). The molecule has 1 aliphatic rings. The van der Waals surface area contributed by atoms with Crippen LogP contribution in [0.1, 0.15) is 31.4 Å². The predicted molar refractivity (Wildman–Crippen MR) is 115 cm³/mol. The summed E-state index contributed by atoms with van der Waals surface area (Å²) in [4.78, 5) is 22.5. The van der Waals surface area contributed by atoms with Crippen LogP contribution in [0.4, 0.5) is 4.39 Å². The molecule has 162 valence electrons. The molecular formula is C22H23ClFN5O2. The molecule has 9 heteroatoms. The Morgan fingerprint density at radius 3 is 2.81 bits per heavy atom. The number of aromatic nitrogens is 4. The van der Waals surface area contributed by atoms with E-state index < -0.39 is 5.82 Å². The van der Waals surface area contributed by atoms with E-state index in [1.807, 2.05) is 11.8 Å². The largest absolute Gasteiger partial charge is 0.372 e. The average molecular weight is 444 g/mol. The van der Waals surface area contributed by atoms with Gasteiger partial charge in [0.1, 0.15) is 24.4 Å². The number of hydrogen-bond acceptors (Lipinski definition) is 5. The second-order valence-electron chi connectivity index (χ2n) is 7.37. The van der Waals surface area contributed by atoms with Crippen molar-refractivity contribution >= 4 is 17.5 Å². The highest BCUT2D eigenvalue weighted by molar-refractivity contribution is 6.30. The van der Waals surface area contributed by atoms with Crippen molar-refractivity contribution in [2.75, 3.05) is 26.3 Å². The quantitative estimate of drug-likeness (QED) is 0.620. The zero-order chi connectivity index (χ0) is 21.8. The number of piperidine rings is 1. The maximum absolute atomic E-state index is 14.7. The number of ether oxygens (including phenoxy) is 1. The third-order valence-corrected chi connectivity index (χ3v) is 5.74. The van der Waals surface area contributed by atoms with Gasteiger partial charge in [0.2, 0.25) is 5.91 Å². The normalized spacial score (nSPS) is 14.7. The van der Waals surface area contributed by atoms with Crippen molar-refractivity contribution < 1.29 is 13.9 Å². The van der Waals surface area contributed by atoms with E-state index >= 15 is 0 Å². The van der Waals surface area contributed by atoms with E-state index in [2.05, 4.69) is 20.2 Å². The molecule has 31 heavy (non-hydrogen) atoms. The monoisotopic (exact) mass is 443 g/mol. The highest BCUT2D eigenvalue weighted by Gasteiger charge is 2.29. The Bertz CT molecular complexity index is 1050. The Balaban J connectivity index is 1.65. The lowest BCUT2D eigenvalue weighted by Gasteiger charge is -2.32. The molecule has 1 saturated heterocycles. The molecule has 1 amide bonds. The smallest absolute Gasteiger partial charge is 0.248 e. The van der Waals surface area contributed by atoms with E-state index in [1.54, 1.807) is 24.4 Å². The Morgan fingerprint density at radius 2 is 2.13 bits per heavy atom. The third kappa shape index (κ3) is 4.60. The highest BCUT2D eigenvalue weighted by Crippen LogP contribution is 2.40. The first-order chi connectivity index (χ1) is 15.1. The SMILES string of the molecule is CCOCC(=O)N1CCC(c2[nH]nc(-c3ccc(Cl)cc3F)c2-c2ccncn2)CC1. The lowest BCUT2D eigenvalue weighted by Crippen LogP contribution is -2.40. The number of likely N-dealkylation sites (tertiary alicyclic amines) is 1. The molecule has 0 radical (unpaired) electrons. The van der Waals surface area contributed by atoms with Gasteiger partial charge in [-0.05, 0) is 44.0 Å². The molecule has 1 aliphatic heterocycles. The van der Waals surface area contributed by atoms with Crippen molar-refractivity contribution in [1.82, 2.24) is 25.1 Å². The molecule has 1 N–H and O–H groups in total. The summed E-state index contributed by atoms with van der Waals surface area (Å²) in [5.41, 5.74) is 3.14. The van der Waals surface area contributed by atoms with Gasteiger partial charge < -0.3 is 9.64 Å². The first-order valence-electron chi connectivity index (χ1n) is 10.2. The molecule has 0 bridgehead atoms. The van der Waals surface area contributed by atoms with Crippen LogP contribution < -0.4 is 0 Å². The van der Waals surface area contributed by atoms with Gasteiger partial charge in [0.15, 0.2) is 0 Å². The van der Waals surface area contributed by atoms with Gasteiger partial charge >= 0.3 is 0 Å². The van der Waals surface area contributed by atoms with Crippen LogP contribution in [-0.2, 0) is 9.53 Å². The van der Waals surface area contributed by atoms with Crippen LogP contribution in [0.3, 0.4) is 0 Å². The number of carbonyl (C=O) groups is 1. The van der Waals surface area contributed by atoms with E-state index in [9.17, 15) is 9.18 Å². The van der Waals surface area contributed by atoms with Crippen LogP contribution in [0.2, 0.25) is 5.02 Å². The lowest BCUT2D eigenvalue weighted by atomic mass is 9.88. The Labute approximate surface area is 184 Å². The third-order valence-electron chi connectivity index (χ3n) is 5.50. The number of aromatic amines is 1. The van der Waals surface area contributed by atoms with Crippen molar-refractivity contribution in [3.8, 4) is 22.5 Å². The van der Waals surface area contributed by atoms with Gasteiger partial charge in [-0.25, -0.2) is 14.4 Å². The summed E-state index contributed by atoms with van der Waals surface area (Å²) in [6.07, 6.45) is 4.64. The van der Waals surface area contributed by atoms with E-state index in [1.165, 1.54) is 12.4 Å². The maximum atomic E-state index is 14.7. The zero-order valence-electron chi connectivity index (χ0n) is 17.1. The Morgan fingerprint density at radius 1 is 1.32 bits per heavy atom. The average Bonchev–Trinajstić information content (AvgIpc) is 3.23. The second kappa shape index (κ2) is 9.53. The van der Waals surface area contributed by atoms with E-state index in [4.69, 9.17) is 16.3 Å². The molecule has 3 heterocycles. The number of nitrogens with one attached hydrogen (secondary N) is 1. The topological polar surface area (TPSA) is 84.0 Å². The number of amides is 1. The van der Waals surface area contributed by atoms with Gasteiger partial charge in [0.05, 0.1) is 5.69 Å². The maximum Gasteiger partial charge on any atom is 0.248 e. The number of nitrogens with zero attached hydrogens (tertiary/aromatic N) is 4. The van der Waals surface area contributed by atoms with Crippen molar-refractivity contribution in [3.63, 3.8) is 0 Å². The van der Waals surface area contributed by atoms with Crippen LogP contribution in [0.15, 0.2) is 36.8 Å². The number of H-pyrrole nitrogens is 1. The fourth-order valence-corrected chi connectivity index (χ4v) is 4.08. The van der Waals surface area contributed by atoms with Crippen molar-refractivity contribution in [3.05, 3.63) is 53.3 Å². The molecule has 0 spiro atoms. The molecular weight excluding hydrogens is 421 g/mol. The van der Waals surface area contributed by atoms with Crippen molar-refractivity contribution in [1.29, 1.82) is 0 Å². The molecule has 4 rings (SSSR count). The number of carbonyl (C=O) groups excluding carboxylic acids is 1. The molecule has 0 saturated carbocycles. The number of benzene rings is 1. The van der Waals surface area contributed by atoms with Crippen LogP contribution in [0.25, 0.3) is 22.5 Å². The first-order valence-corrected chi connectivity index (χ1v) is 10.6. The molecule has 3 aromatic rings. The number of halogens is 2. The molecule has 1 aromatic carbocycles. The van der Waals surface area contributed by atoms with Crippen molar-refractivity contribution in [2.45, 2.75) is 25.7 Å². The molecule has 0 aliphatic carbocycles. The van der Waals surface area contributed by atoms with E-state index in [0.717, 1.165) is 24.1 Å². The second-order valence-corrected chi connectivity index (χ2v) is 7.81. The summed E-state index contributed by atoms with van der Waals surface area (Å²) in [6.45, 7) is 3.75. The minimum absolute atomic E-state index is 0.00450. The summed E-state index contributed by atoms with van der Waals surface area (Å²) >= 11 is 5.93. The van der Waals surface area contributed by atoms with Gasteiger partial charge in [-0.2, -0.15) is 5.10 Å². The molecule has 0 unspecified atom stereocenters. The molecule has 7 nitrogen and oxygen atoms in total. The fraction of sp³-hybridized carbons (Fsp3) is 0.364. The van der Waals surface area contributed by atoms with Gasteiger partial charge in [-0.15, -0.1) is 0 Å². The minimum Gasteiger partial charge on any atom is -0.372 e. The molecule has 1 fully saturated rings. The fourth-order valence-electron chi connectivity index (χ4n) is 3.92.